The van der Waals surface area contributed by atoms with Gasteiger partial charge in [-0.1, -0.05) is 31.0 Å². The van der Waals surface area contributed by atoms with E-state index in [-0.39, 0.29) is 16.9 Å². The van der Waals surface area contributed by atoms with Crippen LogP contribution in [0.3, 0.4) is 0 Å². The van der Waals surface area contributed by atoms with E-state index in [1.54, 1.807) is 6.07 Å². The summed E-state index contributed by atoms with van der Waals surface area (Å²) in [7, 11) is 0. The Morgan fingerprint density at radius 1 is 1.47 bits per heavy atom. The number of hydrogen-bond acceptors (Lipinski definition) is 1. The van der Waals surface area contributed by atoms with Gasteiger partial charge in [0, 0.05) is 12.6 Å². The van der Waals surface area contributed by atoms with Gasteiger partial charge in [-0.2, -0.15) is 0 Å². The lowest BCUT2D eigenvalue weighted by Gasteiger charge is -2.39. The van der Waals surface area contributed by atoms with Gasteiger partial charge in [0.05, 0.1) is 5.02 Å². The van der Waals surface area contributed by atoms with Gasteiger partial charge in [0.2, 0.25) is 0 Å². The van der Waals surface area contributed by atoms with Crippen molar-refractivity contribution in [2.24, 2.45) is 5.41 Å². The van der Waals surface area contributed by atoms with E-state index in [1.165, 1.54) is 25.3 Å². The molecule has 1 atom stereocenters. The molecular weight excluding hydrogens is 237 g/mol. The molecular formula is C14H19ClFN. The van der Waals surface area contributed by atoms with Gasteiger partial charge in [0.1, 0.15) is 5.82 Å². The van der Waals surface area contributed by atoms with Crippen LogP contribution in [0, 0.1) is 11.2 Å². The maximum absolute atomic E-state index is 13.3. The second kappa shape index (κ2) is 4.95. The molecule has 0 heterocycles. The summed E-state index contributed by atoms with van der Waals surface area (Å²) >= 11 is 5.67. The van der Waals surface area contributed by atoms with Crippen LogP contribution in [0.2, 0.25) is 5.02 Å². The van der Waals surface area contributed by atoms with Crippen LogP contribution in [0.25, 0.3) is 0 Å². The van der Waals surface area contributed by atoms with Crippen molar-refractivity contribution >= 4 is 11.6 Å². The predicted octanol–water partition coefficient (Wildman–Crippen LogP) is 4.32. The minimum absolute atomic E-state index is 0.166. The first-order valence-corrected chi connectivity index (χ1v) is 6.56. The van der Waals surface area contributed by atoms with Gasteiger partial charge in [0.25, 0.3) is 0 Å². The number of hydrogen-bond donors (Lipinski definition) is 1. The van der Waals surface area contributed by atoms with E-state index in [2.05, 4.69) is 19.2 Å². The van der Waals surface area contributed by atoms with Crippen molar-refractivity contribution in [3.05, 3.63) is 34.6 Å². The van der Waals surface area contributed by atoms with Crippen molar-refractivity contribution in [2.75, 3.05) is 6.54 Å². The third-order valence-electron chi connectivity index (χ3n) is 3.84. The van der Waals surface area contributed by atoms with Crippen molar-refractivity contribution in [3.63, 3.8) is 0 Å². The van der Waals surface area contributed by atoms with Crippen LogP contribution < -0.4 is 5.32 Å². The van der Waals surface area contributed by atoms with Crippen LogP contribution in [0.5, 0.6) is 0 Å². The van der Waals surface area contributed by atoms with Crippen molar-refractivity contribution < 1.29 is 4.39 Å². The molecule has 0 bridgehead atoms. The quantitative estimate of drug-likeness (QED) is 0.845. The molecule has 1 N–H and O–H groups in total. The molecule has 0 spiro atoms. The number of benzene rings is 1. The maximum atomic E-state index is 13.3. The Balaban J connectivity index is 1.94. The molecule has 1 saturated carbocycles. The zero-order valence-electron chi connectivity index (χ0n) is 10.4. The number of rotatable bonds is 4. The molecule has 1 fully saturated rings. The molecule has 1 nitrogen and oxygen atoms in total. The third kappa shape index (κ3) is 2.99. The highest BCUT2D eigenvalue weighted by molar-refractivity contribution is 6.30. The molecule has 1 aromatic carbocycles. The summed E-state index contributed by atoms with van der Waals surface area (Å²) in [6, 6.07) is 5.18. The monoisotopic (exact) mass is 255 g/mol. The van der Waals surface area contributed by atoms with E-state index in [4.69, 9.17) is 11.6 Å². The fraction of sp³-hybridized carbons (Fsp3) is 0.571. The summed E-state index contributed by atoms with van der Waals surface area (Å²) in [6.45, 7) is 5.36. The lowest BCUT2D eigenvalue weighted by Crippen LogP contribution is -2.38. The topological polar surface area (TPSA) is 12.0 Å². The lowest BCUT2D eigenvalue weighted by molar-refractivity contribution is 0.152. The van der Waals surface area contributed by atoms with E-state index in [0.717, 1.165) is 12.1 Å². The molecule has 0 aromatic heterocycles. The summed E-state index contributed by atoms with van der Waals surface area (Å²) < 4.78 is 13.3. The van der Waals surface area contributed by atoms with Gasteiger partial charge in [-0.15, -0.1) is 0 Å². The molecule has 0 aliphatic heterocycles. The van der Waals surface area contributed by atoms with Crippen LogP contribution >= 0.6 is 11.6 Å². The Morgan fingerprint density at radius 2 is 2.18 bits per heavy atom. The maximum Gasteiger partial charge on any atom is 0.142 e. The second-order valence-corrected chi connectivity index (χ2v) is 5.85. The summed E-state index contributed by atoms with van der Waals surface area (Å²) in [5, 5.41) is 3.67. The molecule has 17 heavy (non-hydrogen) atoms. The minimum atomic E-state index is -0.340. The fourth-order valence-corrected chi connectivity index (χ4v) is 2.37. The molecule has 1 aromatic rings. The van der Waals surface area contributed by atoms with Crippen molar-refractivity contribution in [2.45, 2.75) is 39.2 Å². The van der Waals surface area contributed by atoms with Gasteiger partial charge in [-0.25, -0.2) is 4.39 Å². The molecule has 94 valence electrons. The summed E-state index contributed by atoms with van der Waals surface area (Å²) in [6.07, 6.45) is 3.92. The molecule has 1 unspecified atom stereocenters. The molecule has 0 saturated heterocycles. The predicted molar refractivity (Wildman–Crippen MR) is 69.8 cm³/mol. The van der Waals surface area contributed by atoms with Crippen molar-refractivity contribution in [1.82, 2.24) is 5.32 Å². The van der Waals surface area contributed by atoms with Crippen LogP contribution in [0.1, 0.15) is 44.7 Å². The molecule has 1 aliphatic carbocycles. The number of halogens is 2. The van der Waals surface area contributed by atoms with E-state index in [0.29, 0.717) is 5.41 Å². The summed E-state index contributed by atoms with van der Waals surface area (Å²) in [4.78, 5) is 0. The van der Waals surface area contributed by atoms with Crippen molar-refractivity contribution in [1.29, 1.82) is 0 Å². The first kappa shape index (κ1) is 12.8. The zero-order valence-corrected chi connectivity index (χ0v) is 11.1. The van der Waals surface area contributed by atoms with Crippen molar-refractivity contribution in [3.8, 4) is 0 Å². The van der Waals surface area contributed by atoms with Gasteiger partial charge in [0.15, 0.2) is 0 Å². The van der Waals surface area contributed by atoms with E-state index < -0.39 is 0 Å². The highest BCUT2D eigenvalue weighted by Gasteiger charge is 2.31. The average molecular weight is 256 g/mol. The van der Waals surface area contributed by atoms with Crippen LogP contribution in [0.4, 0.5) is 4.39 Å². The summed E-state index contributed by atoms with van der Waals surface area (Å²) in [5.74, 6) is -0.340. The largest absolute Gasteiger partial charge is 0.310 e. The molecule has 3 heteroatoms. The Bertz CT molecular complexity index is 401. The molecule has 0 amide bonds. The Labute approximate surface area is 107 Å². The standard InChI is InChI=1S/C14H19ClFN/c1-10(17-9-14(2)6-3-7-14)11-4-5-12(15)13(16)8-11/h4-5,8,10,17H,3,6-7,9H2,1-2H3. The normalized spacial score (nSPS) is 19.8. The van der Waals surface area contributed by atoms with Gasteiger partial charge in [-0.05, 0) is 42.9 Å². The highest BCUT2D eigenvalue weighted by atomic mass is 35.5. The molecule has 2 rings (SSSR count). The minimum Gasteiger partial charge on any atom is -0.310 e. The van der Waals surface area contributed by atoms with Gasteiger partial charge < -0.3 is 5.32 Å². The van der Waals surface area contributed by atoms with Crippen LogP contribution in [-0.4, -0.2) is 6.54 Å². The molecule has 0 radical (unpaired) electrons. The smallest absolute Gasteiger partial charge is 0.142 e. The van der Waals surface area contributed by atoms with Crippen LogP contribution in [-0.2, 0) is 0 Å². The lowest BCUT2D eigenvalue weighted by atomic mass is 9.70. The molecule has 1 aliphatic rings. The first-order chi connectivity index (χ1) is 8.00. The highest BCUT2D eigenvalue weighted by Crippen LogP contribution is 2.39. The van der Waals surface area contributed by atoms with E-state index in [9.17, 15) is 4.39 Å². The van der Waals surface area contributed by atoms with Gasteiger partial charge >= 0.3 is 0 Å². The Hall–Kier alpha value is -0.600. The SMILES string of the molecule is CC(NCC1(C)CCC1)c1ccc(Cl)c(F)c1. The zero-order chi connectivity index (χ0) is 12.5. The second-order valence-electron chi connectivity index (χ2n) is 5.44. The first-order valence-electron chi connectivity index (χ1n) is 6.18. The Morgan fingerprint density at radius 3 is 2.71 bits per heavy atom. The Kier molecular flexibility index (Phi) is 3.74. The van der Waals surface area contributed by atoms with E-state index >= 15 is 0 Å². The van der Waals surface area contributed by atoms with E-state index in [1.807, 2.05) is 6.07 Å². The summed E-state index contributed by atoms with van der Waals surface area (Å²) in [5.41, 5.74) is 1.40. The average Bonchev–Trinajstić information content (AvgIpc) is 2.27. The third-order valence-corrected chi connectivity index (χ3v) is 4.15. The van der Waals surface area contributed by atoms with Crippen LogP contribution in [0.15, 0.2) is 18.2 Å². The van der Waals surface area contributed by atoms with Gasteiger partial charge in [-0.3, -0.25) is 0 Å². The number of nitrogens with one attached hydrogen (secondary N) is 1. The fourth-order valence-electron chi connectivity index (χ4n) is 2.26.